The number of carbonyl (C=O) groups is 1. The summed E-state index contributed by atoms with van der Waals surface area (Å²) in [5, 5.41) is 8.88. The number of nitrogens with zero attached hydrogens (tertiary/aromatic N) is 2. The Kier molecular flexibility index (Phi) is 4.61. The van der Waals surface area contributed by atoms with Crippen LogP contribution in [0, 0.1) is 12.8 Å². The highest BCUT2D eigenvalue weighted by Gasteiger charge is 2.17. The van der Waals surface area contributed by atoms with Crippen LogP contribution in [0.4, 0.5) is 0 Å². The fourth-order valence-electron chi connectivity index (χ4n) is 3.04. The summed E-state index contributed by atoms with van der Waals surface area (Å²) in [6, 6.07) is 0. The minimum Gasteiger partial charge on any atom is -0.481 e. The van der Waals surface area contributed by atoms with E-state index in [-0.39, 0.29) is 6.42 Å². The summed E-state index contributed by atoms with van der Waals surface area (Å²) in [4.78, 5) is 15.3. The van der Waals surface area contributed by atoms with Crippen molar-refractivity contribution in [3.63, 3.8) is 0 Å². The summed E-state index contributed by atoms with van der Waals surface area (Å²) in [6.45, 7) is 1.95. The second kappa shape index (κ2) is 6.22. The molecule has 0 unspecified atom stereocenters. The van der Waals surface area contributed by atoms with Crippen LogP contribution in [0.25, 0.3) is 0 Å². The molecule has 0 radical (unpaired) electrons. The Bertz CT molecular complexity index is 445. The van der Waals surface area contributed by atoms with E-state index in [4.69, 9.17) is 5.11 Å². The van der Waals surface area contributed by atoms with Gasteiger partial charge in [0.15, 0.2) is 0 Å². The quantitative estimate of drug-likeness (QED) is 0.889. The molecule has 1 aromatic heterocycles. The predicted octanol–water partition coefficient (Wildman–Crippen LogP) is 2.87. The van der Waals surface area contributed by atoms with E-state index in [9.17, 15) is 4.79 Å². The first-order valence-corrected chi connectivity index (χ1v) is 7.30. The molecule has 4 nitrogen and oxygen atoms in total. The van der Waals surface area contributed by atoms with Crippen LogP contribution in [-0.4, -0.2) is 20.6 Å². The number of rotatable bonds is 5. The maximum absolute atomic E-state index is 10.8. The van der Waals surface area contributed by atoms with Crippen LogP contribution in [0.1, 0.15) is 55.7 Å². The molecule has 0 atom stereocenters. The van der Waals surface area contributed by atoms with Crippen molar-refractivity contribution in [2.75, 3.05) is 0 Å². The Labute approximate surface area is 114 Å². The van der Waals surface area contributed by atoms with Crippen molar-refractivity contribution >= 4 is 5.97 Å². The summed E-state index contributed by atoms with van der Waals surface area (Å²) in [7, 11) is 1.99. The second-order valence-corrected chi connectivity index (χ2v) is 5.73. The minimum atomic E-state index is -0.806. The smallest absolute Gasteiger partial charge is 0.309 e. The number of aliphatic carboxylic acids is 1. The maximum Gasteiger partial charge on any atom is 0.309 e. The van der Waals surface area contributed by atoms with E-state index in [2.05, 4.69) is 9.55 Å². The third-order valence-corrected chi connectivity index (χ3v) is 4.39. The van der Waals surface area contributed by atoms with Gasteiger partial charge in [0, 0.05) is 19.2 Å². The molecule has 1 aliphatic rings. The Hall–Kier alpha value is -1.32. The number of carboxylic acid groups (broad SMARTS) is 1. The first-order valence-electron chi connectivity index (χ1n) is 7.30. The van der Waals surface area contributed by atoms with Gasteiger partial charge in [0.25, 0.3) is 0 Å². The van der Waals surface area contributed by atoms with E-state index in [0.29, 0.717) is 5.69 Å². The van der Waals surface area contributed by atoms with Crippen LogP contribution >= 0.6 is 0 Å². The molecule has 4 heteroatoms. The summed E-state index contributed by atoms with van der Waals surface area (Å²) >= 11 is 0. The molecular weight excluding hydrogens is 240 g/mol. The van der Waals surface area contributed by atoms with Crippen LogP contribution in [0.2, 0.25) is 0 Å². The van der Waals surface area contributed by atoms with Gasteiger partial charge in [0.05, 0.1) is 12.1 Å². The van der Waals surface area contributed by atoms with Crippen molar-refractivity contribution in [2.45, 2.75) is 58.3 Å². The standard InChI is InChI=1S/C15H24N2O2/c1-11-13(10-15(18)19)16-14(17(11)2)9-8-12-6-4-3-5-7-12/h12H,3-10H2,1-2H3,(H,18,19). The average molecular weight is 264 g/mol. The van der Waals surface area contributed by atoms with E-state index in [1.165, 1.54) is 38.5 Å². The highest BCUT2D eigenvalue weighted by Crippen LogP contribution is 2.27. The Morgan fingerprint density at radius 2 is 2.05 bits per heavy atom. The summed E-state index contributed by atoms with van der Waals surface area (Å²) < 4.78 is 2.06. The molecule has 1 aromatic rings. The first-order chi connectivity index (χ1) is 9.08. The number of hydrogen-bond acceptors (Lipinski definition) is 2. The fraction of sp³-hybridized carbons (Fsp3) is 0.733. The maximum atomic E-state index is 10.8. The third kappa shape index (κ3) is 3.58. The molecule has 1 aliphatic carbocycles. The van der Waals surface area contributed by atoms with Crippen LogP contribution in [0.5, 0.6) is 0 Å². The number of aromatic nitrogens is 2. The zero-order valence-corrected chi connectivity index (χ0v) is 12.0. The molecule has 1 saturated carbocycles. The first kappa shape index (κ1) is 14.1. The van der Waals surface area contributed by atoms with Gasteiger partial charge in [-0.15, -0.1) is 0 Å². The number of imidazole rings is 1. The van der Waals surface area contributed by atoms with Crippen molar-refractivity contribution in [3.8, 4) is 0 Å². The summed E-state index contributed by atoms with van der Waals surface area (Å²) in [5.74, 6) is 1.08. The van der Waals surface area contributed by atoms with Gasteiger partial charge < -0.3 is 9.67 Å². The van der Waals surface area contributed by atoms with Crippen molar-refractivity contribution in [3.05, 3.63) is 17.2 Å². The summed E-state index contributed by atoms with van der Waals surface area (Å²) in [6.07, 6.45) is 9.03. The SMILES string of the molecule is Cc1c(CC(=O)O)nc(CCC2CCCCC2)n1C. The molecule has 106 valence electrons. The molecular formula is C15H24N2O2. The Morgan fingerprint density at radius 3 is 2.68 bits per heavy atom. The van der Waals surface area contributed by atoms with Gasteiger partial charge in [0.2, 0.25) is 0 Å². The molecule has 1 heterocycles. The monoisotopic (exact) mass is 264 g/mol. The lowest BCUT2D eigenvalue weighted by Gasteiger charge is -2.21. The molecule has 0 amide bonds. The Morgan fingerprint density at radius 1 is 1.37 bits per heavy atom. The van der Waals surface area contributed by atoms with E-state index in [1.54, 1.807) is 0 Å². The largest absolute Gasteiger partial charge is 0.481 e. The van der Waals surface area contributed by atoms with E-state index >= 15 is 0 Å². The molecule has 1 N–H and O–H groups in total. The van der Waals surface area contributed by atoms with Crippen molar-refractivity contribution in [1.82, 2.24) is 9.55 Å². The van der Waals surface area contributed by atoms with Gasteiger partial charge in [-0.2, -0.15) is 0 Å². The average Bonchev–Trinajstić information content (AvgIpc) is 2.65. The Balaban J connectivity index is 1.97. The second-order valence-electron chi connectivity index (χ2n) is 5.73. The highest BCUT2D eigenvalue weighted by molar-refractivity contribution is 5.69. The van der Waals surface area contributed by atoms with Crippen molar-refractivity contribution < 1.29 is 9.90 Å². The normalized spacial score (nSPS) is 16.7. The third-order valence-electron chi connectivity index (χ3n) is 4.39. The number of hydrogen-bond donors (Lipinski definition) is 1. The van der Waals surface area contributed by atoms with E-state index < -0.39 is 5.97 Å². The minimum absolute atomic E-state index is 0.0309. The summed E-state index contributed by atoms with van der Waals surface area (Å²) in [5.41, 5.74) is 1.70. The molecule has 0 aromatic carbocycles. The van der Waals surface area contributed by atoms with Gasteiger partial charge in [-0.3, -0.25) is 4.79 Å². The van der Waals surface area contributed by atoms with Crippen LogP contribution in [0.15, 0.2) is 0 Å². The fourth-order valence-corrected chi connectivity index (χ4v) is 3.04. The van der Waals surface area contributed by atoms with Crippen LogP contribution < -0.4 is 0 Å². The van der Waals surface area contributed by atoms with Gasteiger partial charge in [-0.05, 0) is 19.3 Å². The van der Waals surface area contributed by atoms with Gasteiger partial charge in [0.1, 0.15) is 5.82 Å². The molecule has 0 spiro atoms. The molecule has 1 fully saturated rings. The van der Waals surface area contributed by atoms with Gasteiger partial charge in [-0.1, -0.05) is 32.1 Å². The predicted molar refractivity (Wildman–Crippen MR) is 74.2 cm³/mol. The van der Waals surface area contributed by atoms with Crippen LogP contribution in [-0.2, 0) is 24.7 Å². The van der Waals surface area contributed by atoms with Crippen molar-refractivity contribution in [1.29, 1.82) is 0 Å². The highest BCUT2D eigenvalue weighted by atomic mass is 16.4. The van der Waals surface area contributed by atoms with E-state index in [1.807, 2.05) is 14.0 Å². The zero-order valence-electron chi connectivity index (χ0n) is 12.0. The molecule has 0 saturated heterocycles. The molecule has 2 rings (SSSR count). The van der Waals surface area contributed by atoms with E-state index in [0.717, 1.165) is 23.9 Å². The lowest BCUT2D eigenvalue weighted by molar-refractivity contribution is -0.136. The molecule has 0 bridgehead atoms. The number of carboxylic acids is 1. The van der Waals surface area contributed by atoms with Gasteiger partial charge >= 0.3 is 5.97 Å². The van der Waals surface area contributed by atoms with Crippen molar-refractivity contribution in [2.24, 2.45) is 13.0 Å². The topological polar surface area (TPSA) is 55.1 Å². The zero-order chi connectivity index (χ0) is 13.8. The van der Waals surface area contributed by atoms with Crippen LogP contribution in [0.3, 0.4) is 0 Å². The number of aryl methyl sites for hydroxylation is 1. The van der Waals surface area contributed by atoms with Gasteiger partial charge in [-0.25, -0.2) is 4.98 Å². The lowest BCUT2D eigenvalue weighted by Crippen LogP contribution is -2.09. The molecule has 0 aliphatic heterocycles. The lowest BCUT2D eigenvalue weighted by atomic mass is 9.86. The molecule has 19 heavy (non-hydrogen) atoms.